The zero-order valence-corrected chi connectivity index (χ0v) is 9.79. The van der Waals surface area contributed by atoms with E-state index in [1.807, 2.05) is 6.92 Å². The minimum atomic E-state index is -0.270. The Morgan fingerprint density at radius 1 is 1.76 bits per heavy atom. The molecule has 0 saturated heterocycles. The number of anilines is 1. The van der Waals surface area contributed by atoms with E-state index in [9.17, 15) is 4.79 Å². The normalized spacial score (nSPS) is 16.2. The topological polar surface area (TPSA) is 83.8 Å². The van der Waals surface area contributed by atoms with Crippen molar-refractivity contribution in [3.63, 3.8) is 0 Å². The molecule has 1 unspecified atom stereocenters. The Hall–Kier alpha value is -1.96. The van der Waals surface area contributed by atoms with Gasteiger partial charge in [0.2, 0.25) is 0 Å². The first-order valence-corrected chi connectivity index (χ1v) is 5.71. The van der Waals surface area contributed by atoms with Crippen LogP contribution in [0.3, 0.4) is 0 Å². The van der Waals surface area contributed by atoms with Gasteiger partial charge in [0.05, 0.1) is 11.4 Å². The summed E-state index contributed by atoms with van der Waals surface area (Å²) in [6.07, 6.45) is 7.89. The third-order valence-electron chi connectivity index (χ3n) is 2.84. The zero-order valence-electron chi connectivity index (χ0n) is 9.79. The van der Waals surface area contributed by atoms with Crippen molar-refractivity contribution in [1.82, 2.24) is 15.5 Å². The van der Waals surface area contributed by atoms with Crippen LogP contribution in [0.2, 0.25) is 0 Å². The maximum absolute atomic E-state index is 11.9. The number of rotatable bonds is 4. The van der Waals surface area contributed by atoms with E-state index in [1.54, 1.807) is 0 Å². The number of hydrogen-bond acceptors (Lipinski definition) is 3. The summed E-state index contributed by atoms with van der Waals surface area (Å²) in [5.41, 5.74) is 7.53. The molecule has 90 valence electrons. The van der Waals surface area contributed by atoms with Crippen LogP contribution in [0.25, 0.3) is 0 Å². The van der Waals surface area contributed by atoms with Crippen LogP contribution >= 0.6 is 0 Å². The number of nitrogens with one attached hydrogen (secondary N) is 2. The highest BCUT2D eigenvalue weighted by Gasteiger charge is 2.30. The van der Waals surface area contributed by atoms with Gasteiger partial charge in [-0.1, -0.05) is 0 Å². The van der Waals surface area contributed by atoms with E-state index in [-0.39, 0.29) is 17.6 Å². The van der Waals surface area contributed by atoms with Crippen LogP contribution in [0.1, 0.15) is 48.3 Å². The SMILES string of the molecule is C#CCC(C)NC(=O)c1n[nH]c(C2CC2)c1N. The van der Waals surface area contributed by atoms with Crippen molar-refractivity contribution in [2.24, 2.45) is 0 Å². The summed E-state index contributed by atoms with van der Waals surface area (Å²) >= 11 is 0. The molecule has 4 N–H and O–H groups in total. The number of nitrogens with two attached hydrogens (primary N) is 1. The van der Waals surface area contributed by atoms with E-state index in [2.05, 4.69) is 21.4 Å². The predicted molar refractivity (Wildman–Crippen MR) is 65.4 cm³/mol. The molecule has 0 radical (unpaired) electrons. The fourth-order valence-corrected chi connectivity index (χ4v) is 1.74. The van der Waals surface area contributed by atoms with Crippen molar-refractivity contribution in [2.45, 2.75) is 38.1 Å². The van der Waals surface area contributed by atoms with Crippen LogP contribution < -0.4 is 11.1 Å². The van der Waals surface area contributed by atoms with Crippen LogP contribution in [0.15, 0.2) is 0 Å². The van der Waals surface area contributed by atoms with Crippen molar-refractivity contribution in [3.05, 3.63) is 11.4 Å². The van der Waals surface area contributed by atoms with Gasteiger partial charge in [0.1, 0.15) is 0 Å². The van der Waals surface area contributed by atoms with Crippen LogP contribution in [0.4, 0.5) is 5.69 Å². The first kappa shape index (κ1) is 11.5. The Bertz CT molecular complexity index is 467. The van der Waals surface area contributed by atoms with Crippen molar-refractivity contribution >= 4 is 11.6 Å². The van der Waals surface area contributed by atoms with Gasteiger partial charge in [-0.2, -0.15) is 5.10 Å². The average Bonchev–Trinajstić information content (AvgIpc) is 3.02. The summed E-state index contributed by atoms with van der Waals surface area (Å²) in [6, 6.07) is -0.0759. The molecular formula is C12H16N4O. The molecule has 0 spiro atoms. The van der Waals surface area contributed by atoms with Gasteiger partial charge in [0, 0.05) is 18.4 Å². The third kappa shape index (κ3) is 2.41. The quantitative estimate of drug-likeness (QED) is 0.677. The molecule has 5 nitrogen and oxygen atoms in total. The molecule has 2 rings (SSSR count). The molecule has 1 aliphatic rings. The summed E-state index contributed by atoms with van der Waals surface area (Å²) < 4.78 is 0. The second kappa shape index (κ2) is 4.50. The molecule has 1 saturated carbocycles. The molecule has 0 aromatic carbocycles. The van der Waals surface area contributed by atoms with Gasteiger partial charge in [0.25, 0.3) is 5.91 Å². The van der Waals surface area contributed by atoms with Gasteiger partial charge < -0.3 is 11.1 Å². The fraction of sp³-hybridized carbons (Fsp3) is 0.500. The Labute approximate surface area is 100 Å². The highest BCUT2D eigenvalue weighted by molar-refractivity contribution is 5.97. The van der Waals surface area contributed by atoms with Crippen molar-refractivity contribution in [3.8, 4) is 12.3 Å². The van der Waals surface area contributed by atoms with Crippen LogP contribution in [-0.2, 0) is 0 Å². The minimum absolute atomic E-state index is 0.0759. The number of carbonyl (C=O) groups excluding carboxylic acids is 1. The number of aromatic nitrogens is 2. The standard InChI is InChI=1S/C12H16N4O/c1-3-4-7(2)14-12(17)11-9(13)10(15-16-11)8-5-6-8/h1,7-8H,4-6,13H2,2H3,(H,14,17)(H,15,16). The van der Waals surface area contributed by atoms with Gasteiger partial charge in [0.15, 0.2) is 5.69 Å². The van der Waals surface area contributed by atoms with Crippen molar-refractivity contribution < 1.29 is 4.79 Å². The lowest BCUT2D eigenvalue weighted by atomic mass is 10.2. The molecule has 1 amide bonds. The Morgan fingerprint density at radius 3 is 3.06 bits per heavy atom. The molecule has 17 heavy (non-hydrogen) atoms. The zero-order chi connectivity index (χ0) is 12.4. The molecule has 1 aromatic rings. The Kier molecular flexibility index (Phi) is 3.05. The lowest BCUT2D eigenvalue weighted by molar-refractivity contribution is 0.0936. The Morgan fingerprint density at radius 2 is 2.47 bits per heavy atom. The molecule has 1 heterocycles. The molecular weight excluding hydrogens is 216 g/mol. The van der Waals surface area contributed by atoms with E-state index in [0.717, 1.165) is 18.5 Å². The van der Waals surface area contributed by atoms with E-state index < -0.39 is 0 Å². The molecule has 0 bridgehead atoms. The average molecular weight is 232 g/mol. The molecule has 1 aromatic heterocycles. The second-order valence-electron chi connectivity index (χ2n) is 4.46. The van der Waals surface area contributed by atoms with E-state index in [4.69, 9.17) is 12.2 Å². The predicted octanol–water partition coefficient (Wildman–Crippen LogP) is 1.01. The number of carbonyl (C=O) groups is 1. The number of hydrogen-bond donors (Lipinski definition) is 3. The summed E-state index contributed by atoms with van der Waals surface area (Å²) in [5, 5.41) is 9.59. The van der Waals surface area contributed by atoms with E-state index >= 15 is 0 Å². The first-order valence-electron chi connectivity index (χ1n) is 5.71. The lowest BCUT2D eigenvalue weighted by Crippen LogP contribution is -2.32. The van der Waals surface area contributed by atoms with E-state index in [1.165, 1.54) is 0 Å². The summed E-state index contributed by atoms with van der Waals surface area (Å²) in [7, 11) is 0. The molecule has 1 aliphatic carbocycles. The number of aromatic amines is 1. The summed E-state index contributed by atoms with van der Waals surface area (Å²) in [6.45, 7) is 1.85. The lowest BCUT2D eigenvalue weighted by Gasteiger charge is -2.09. The van der Waals surface area contributed by atoms with Gasteiger partial charge in [-0.15, -0.1) is 12.3 Å². The van der Waals surface area contributed by atoms with Gasteiger partial charge in [-0.3, -0.25) is 9.89 Å². The third-order valence-corrected chi connectivity index (χ3v) is 2.84. The molecule has 5 heteroatoms. The summed E-state index contributed by atoms with van der Waals surface area (Å²) in [5.74, 6) is 2.68. The van der Waals surface area contributed by atoms with Crippen LogP contribution in [-0.4, -0.2) is 22.1 Å². The maximum Gasteiger partial charge on any atom is 0.274 e. The number of nitrogens with zero attached hydrogens (tertiary/aromatic N) is 1. The number of nitrogen functional groups attached to an aromatic ring is 1. The molecule has 1 atom stereocenters. The molecule has 0 aliphatic heterocycles. The highest BCUT2D eigenvalue weighted by atomic mass is 16.2. The molecule has 1 fully saturated rings. The van der Waals surface area contributed by atoms with Gasteiger partial charge >= 0.3 is 0 Å². The number of amides is 1. The Balaban J connectivity index is 2.06. The smallest absolute Gasteiger partial charge is 0.274 e. The van der Waals surface area contributed by atoms with Gasteiger partial charge in [-0.25, -0.2) is 0 Å². The number of terminal acetylenes is 1. The largest absolute Gasteiger partial charge is 0.395 e. The van der Waals surface area contributed by atoms with Crippen LogP contribution in [0.5, 0.6) is 0 Å². The monoisotopic (exact) mass is 232 g/mol. The van der Waals surface area contributed by atoms with Crippen molar-refractivity contribution in [1.29, 1.82) is 0 Å². The highest BCUT2D eigenvalue weighted by Crippen LogP contribution is 2.42. The second-order valence-corrected chi connectivity index (χ2v) is 4.46. The maximum atomic E-state index is 11.9. The van der Waals surface area contributed by atoms with Gasteiger partial charge in [-0.05, 0) is 19.8 Å². The van der Waals surface area contributed by atoms with Crippen LogP contribution in [0, 0.1) is 12.3 Å². The van der Waals surface area contributed by atoms with Crippen molar-refractivity contribution in [2.75, 3.05) is 5.73 Å². The fourth-order valence-electron chi connectivity index (χ4n) is 1.74. The minimum Gasteiger partial charge on any atom is -0.395 e. The van der Waals surface area contributed by atoms with E-state index in [0.29, 0.717) is 18.0 Å². The first-order chi connectivity index (χ1) is 8.13. The number of H-pyrrole nitrogens is 1. The summed E-state index contributed by atoms with van der Waals surface area (Å²) in [4.78, 5) is 11.9.